The fraction of sp³-hybridized carbons (Fsp3) is 0.250. The van der Waals surface area contributed by atoms with Crippen LogP contribution in [0.3, 0.4) is 0 Å². The van der Waals surface area contributed by atoms with Crippen molar-refractivity contribution >= 4 is 27.7 Å². The fourth-order valence-electron chi connectivity index (χ4n) is 3.22. The van der Waals surface area contributed by atoms with Crippen LogP contribution in [-0.4, -0.2) is 46.3 Å². The van der Waals surface area contributed by atoms with Gasteiger partial charge in [0.05, 0.1) is 17.3 Å². The lowest BCUT2D eigenvalue weighted by Gasteiger charge is -2.29. The van der Waals surface area contributed by atoms with E-state index in [2.05, 4.69) is 10.4 Å². The summed E-state index contributed by atoms with van der Waals surface area (Å²) in [5.74, 6) is -2.24. The highest BCUT2D eigenvalue weighted by Crippen LogP contribution is 2.29. The van der Waals surface area contributed by atoms with Gasteiger partial charge in [0.1, 0.15) is 6.04 Å². The Labute approximate surface area is 152 Å². The average molecular weight is 392 g/mol. The van der Waals surface area contributed by atoms with Gasteiger partial charge in [0.15, 0.2) is 5.82 Å². The van der Waals surface area contributed by atoms with E-state index in [0.717, 1.165) is 12.4 Å². The number of hydrogen-bond donors (Lipinski definition) is 1. The number of nitrogens with one attached hydrogen (secondary N) is 1. The lowest BCUT2D eigenvalue weighted by molar-refractivity contribution is -0.136. The highest BCUT2D eigenvalue weighted by Gasteiger charge is 2.39. The third-order valence-electron chi connectivity index (χ3n) is 4.57. The molecule has 0 spiro atoms. The minimum absolute atomic E-state index is 0.126. The van der Waals surface area contributed by atoms with E-state index in [-0.39, 0.29) is 35.8 Å². The molecule has 1 atom stereocenters. The summed E-state index contributed by atoms with van der Waals surface area (Å²) in [6.45, 7) is 0.136. The van der Waals surface area contributed by atoms with Crippen molar-refractivity contribution < 1.29 is 27.2 Å². The first-order valence-corrected chi connectivity index (χ1v) is 9.45. The molecule has 3 amide bonds. The first-order valence-electron chi connectivity index (χ1n) is 8.01. The van der Waals surface area contributed by atoms with Crippen molar-refractivity contribution in [2.75, 3.05) is 0 Å². The zero-order valence-corrected chi connectivity index (χ0v) is 14.6. The topological polar surface area (TPSA) is 118 Å². The zero-order valence-electron chi connectivity index (χ0n) is 13.8. The maximum absolute atomic E-state index is 13.1. The summed E-state index contributed by atoms with van der Waals surface area (Å²) in [5.41, 5.74) is 0.712. The predicted molar refractivity (Wildman–Crippen MR) is 87.3 cm³/mol. The molecule has 0 bridgehead atoms. The number of benzene rings is 1. The number of amides is 3. The normalized spacial score (nSPS) is 20.0. The van der Waals surface area contributed by atoms with Crippen LogP contribution < -0.4 is 5.32 Å². The molecule has 140 valence electrons. The summed E-state index contributed by atoms with van der Waals surface area (Å²) in [5, 5.41) is 5.65. The minimum Gasteiger partial charge on any atom is -0.322 e. The molecule has 1 unspecified atom stereocenters. The number of halogens is 1. The molecule has 3 heterocycles. The predicted octanol–water partition coefficient (Wildman–Crippen LogP) is 0.0202. The van der Waals surface area contributed by atoms with Gasteiger partial charge in [0, 0.05) is 18.5 Å². The minimum atomic E-state index is -4.15. The zero-order chi connectivity index (χ0) is 19.3. The molecule has 1 N–H and O–H groups in total. The van der Waals surface area contributed by atoms with Crippen molar-refractivity contribution in [3.8, 4) is 0 Å². The van der Waals surface area contributed by atoms with Crippen molar-refractivity contribution in [1.82, 2.24) is 19.4 Å². The summed E-state index contributed by atoms with van der Waals surface area (Å²) in [6.07, 6.45) is 1.82. The summed E-state index contributed by atoms with van der Waals surface area (Å²) in [4.78, 5) is 37.1. The van der Waals surface area contributed by atoms with Crippen LogP contribution in [0.4, 0.5) is 4.39 Å². The number of carbonyl (C=O) groups excluding carboxylic acids is 3. The van der Waals surface area contributed by atoms with Gasteiger partial charge < -0.3 is 4.90 Å². The number of hydrogen-bond acceptors (Lipinski definition) is 6. The first-order chi connectivity index (χ1) is 12.8. The Balaban J connectivity index is 1.66. The molecule has 9 nitrogen and oxygen atoms in total. The number of imide groups is 1. The van der Waals surface area contributed by atoms with Crippen LogP contribution in [0.1, 0.15) is 28.8 Å². The fourth-order valence-corrected chi connectivity index (χ4v) is 4.35. The van der Waals surface area contributed by atoms with Crippen LogP contribution in [0.25, 0.3) is 0 Å². The van der Waals surface area contributed by atoms with Crippen molar-refractivity contribution in [3.63, 3.8) is 0 Å². The average Bonchev–Trinajstić information content (AvgIpc) is 3.19. The Hall–Kier alpha value is -3.08. The Morgan fingerprint density at radius 1 is 1.22 bits per heavy atom. The number of carbonyl (C=O) groups is 3. The van der Waals surface area contributed by atoms with Crippen molar-refractivity contribution in [3.05, 3.63) is 47.5 Å². The molecule has 27 heavy (non-hydrogen) atoms. The van der Waals surface area contributed by atoms with Gasteiger partial charge >= 0.3 is 0 Å². The van der Waals surface area contributed by atoms with E-state index in [1.807, 2.05) is 0 Å². The number of piperidine rings is 1. The molecular weight excluding hydrogens is 379 g/mol. The molecule has 0 saturated carbocycles. The molecule has 1 saturated heterocycles. The molecular formula is C16H13FN4O5S. The van der Waals surface area contributed by atoms with E-state index in [1.165, 1.54) is 23.1 Å². The second-order valence-corrected chi connectivity index (χ2v) is 8.05. The number of fused-ring (bicyclic) bond motifs is 1. The van der Waals surface area contributed by atoms with Crippen LogP contribution in [0.15, 0.2) is 35.5 Å². The number of nitrogens with zero attached hydrogens (tertiary/aromatic N) is 3. The Morgan fingerprint density at radius 3 is 2.67 bits per heavy atom. The van der Waals surface area contributed by atoms with Crippen LogP contribution in [0.5, 0.6) is 0 Å². The second kappa shape index (κ2) is 5.98. The largest absolute Gasteiger partial charge is 0.322 e. The Bertz CT molecular complexity index is 1090. The highest BCUT2D eigenvalue weighted by molar-refractivity contribution is 7.89. The SMILES string of the molecule is O=C1CCC(N2Cc3ccc(S(=O)(=O)n4cc(F)cn4)cc3C2=O)C(=O)N1. The Morgan fingerprint density at radius 2 is 2.00 bits per heavy atom. The molecule has 0 aliphatic carbocycles. The van der Waals surface area contributed by atoms with Gasteiger partial charge in [-0.3, -0.25) is 19.7 Å². The van der Waals surface area contributed by atoms with E-state index in [1.54, 1.807) is 0 Å². The van der Waals surface area contributed by atoms with Crippen LogP contribution >= 0.6 is 0 Å². The quantitative estimate of drug-likeness (QED) is 0.736. The molecule has 1 aromatic carbocycles. The van der Waals surface area contributed by atoms with Gasteiger partial charge in [0.2, 0.25) is 11.8 Å². The summed E-state index contributed by atoms with van der Waals surface area (Å²) in [7, 11) is -4.15. The molecule has 4 rings (SSSR count). The van der Waals surface area contributed by atoms with Crippen LogP contribution in [0.2, 0.25) is 0 Å². The van der Waals surface area contributed by atoms with E-state index in [9.17, 15) is 27.2 Å². The summed E-state index contributed by atoms with van der Waals surface area (Å²) in [6, 6.07) is 3.18. The maximum atomic E-state index is 13.1. The molecule has 2 aliphatic heterocycles. The standard InChI is InChI=1S/C16H13FN4O5S/c17-10-6-18-21(8-10)27(25,26)11-2-1-9-7-20(16(24)12(9)5-11)13-3-4-14(22)19-15(13)23/h1-2,5-6,8,13H,3-4,7H2,(H,19,22,23). The van der Waals surface area contributed by atoms with E-state index in [4.69, 9.17) is 0 Å². The molecule has 11 heteroatoms. The first kappa shape index (κ1) is 17.3. The summed E-state index contributed by atoms with van der Waals surface area (Å²) >= 11 is 0. The molecule has 1 aromatic heterocycles. The van der Waals surface area contributed by atoms with Crippen molar-refractivity contribution in [1.29, 1.82) is 0 Å². The van der Waals surface area contributed by atoms with Gasteiger partial charge in [-0.1, -0.05) is 6.07 Å². The highest BCUT2D eigenvalue weighted by atomic mass is 32.2. The third-order valence-corrected chi connectivity index (χ3v) is 6.11. The van der Waals surface area contributed by atoms with Crippen molar-refractivity contribution in [2.24, 2.45) is 0 Å². The number of rotatable bonds is 3. The Kier molecular flexibility index (Phi) is 3.84. The van der Waals surface area contributed by atoms with Crippen LogP contribution in [-0.2, 0) is 26.2 Å². The van der Waals surface area contributed by atoms with Gasteiger partial charge in [-0.05, 0) is 24.1 Å². The second-order valence-electron chi connectivity index (χ2n) is 6.26. The number of aromatic nitrogens is 2. The van der Waals surface area contributed by atoms with Gasteiger partial charge in [-0.25, -0.2) is 4.39 Å². The smallest absolute Gasteiger partial charge is 0.283 e. The summed E-state index contributed by atoms with van der Waals surface area (Å²) < 4.78 is 38.7. The van der Waals surface area contributed by atoms with Crippen molar-refractivity contribution in [2.45, 2.75) is 30.3 Å². The monoisotopic (exact) mass is 392 g/mol. The van der Waals surface area contributed by atoms with Gasteiger partial charge in [-0.15, -0.1) is 0 Å². The van der Waals surface area contributed by atoms with Gasteiger partial charge in [-0.2, -0.15) is 17.6 Å². The lowest BCUT2D eigenvalue weighted by Crippen LogP contribution is -2.52. The lowest BCUT2D eigenvalue weighted by atomic mass is 10.0. The molecule has 2 aromatic rings. The molecule has 1 fully saturated rings. The van der Waals surface area contributed by atoms with E-state index in [0.29, 0.717) is 9.65 Å². The third kappa shape index (κ3) is 2.79. The van der Waals surface area contributed by atoms with E-state index >= 15 is 0 Å². The molecule has 0 radical (unpaired) electrons. The maximum Gasteiger partial charge on any atom is 0.283 e. The molecule has 2 aliphatic rings. The van der Waals surface area contributed by atoms with E-state index < -0.39 is 33.7 Å². The van der Waals surface area contributed by atoms with Gasteiger partial charge in [0.25, 0.3) is 15.9 Å². The van der Waals surface area contributed by atoms with Crippen LogP contribution in [0, 0.1) is 5.82 Å².